The Morgan fingerprint density at radius 1 is 0.442 bits per heavy atom. The molecule has 10 N–H and O–H groups in total. The van der Waals surface area contributed by atoms with Crippen LogP contribution in [0.25, 0.3) is 55.8 Å². The monoisotopic (exact) mass is 2060 g/mol. The van der Waals surface area contributed by atoms with Crippen LogP contribution in [0.15, 0.2) is 63.3 Å². The van der Waals surface area contributed by atoms with Gasteiger partial charge in [-0.15, -0.1) is 0 Å². The van der Waals surface area contributed by atoms with E-state index in [4.69, 9.17) is 115 Å². The van der Waals surface area contributed by atoms with Crippen molar-refractivity contribution in [3.8, 4) is 6.07 Å². The number of carbonyl (C=O) groups is 7. The summed E-state index contributed by atoms with van der Waals surface area (Å²) in [6.45, 7) is 34.1. The fourth-order valence-corrected chi connectivity index (χ4v) is 17.6. The van der Waals surface area contributed by atoms with Crippen LogP contribution in [-0.4, -0.2) is 331 Å². The molecule has 0 amide bonds. The summed E-state index contributed by atoms with van der Waals surface area (Å²) in [6.07, 6.45) is -3.11. The van der Waals surface area contributed by atoms with E-state index >= 15 is 0 Å². The Morgan fingerprint density at radius 2 is 0.819 bits per heavy atom. The first-order valence-electron chi connectivity index (χ1n) is 41.8. The summed E-state index contributed by atoms with van der Waals surface area (Å²) in [5.41, 5.74) is 8.24. The van der Waals surface area contributed by atoms with Crippen LogP contribution in [0, 0.1) is 41.4 Å². The number of aromatic nitrogens is 20. The molecule has 0 saturated carbocycles. The minimum atomic E-state index is -4.70. The molecule has 60 heteroatoms. The van der Waals surface area contributed by atoms with Crippen molar-refractivity contribution in [3.63, 3.8) is 0 Å². The standard InChI is InChI=1S/C20H38N4O4Si3.C16H18N4O7S.C13H18O9.C11H15N4O7P.C11H14N4O4.C5H4N4S.C2H3N.2Na.2H/c1-14-16-19(22-12-21-14)24(13-23-16)20-18(28-31(8,9)10)17(27-30(5,6)7)15(26-20)11-25-29(2,3)4;1-7(21)24-4-10-12(25-8(2)22)13(26-9(3)23)16(27-10)20-6-19-11-14(20)17-5-18-15(11)28;1-6(14)18-5-10-11(19-7(2)15)12(20-8(3)16)13(22-10)21-9(4)17;1-5-7-10(13-3-12-5)15(4-14-7)11-9(17)8(16)6(22-11)2-21-23(18,19)20;1-5-7-10(13-3-12-5)15(4-14-7)11-9(18)8(17)6(2-16)19-11;10-5-3-4(7-1-6-3)8-2-9-5;1-2-3;;;;/h12-13,15,17-18,20H,11H2,1-10H3;5-6,10,12-13,16H,4H2,1-3H3,(H,17,18,28);10-13H,5H2,1-4H3;3-4,6,8-9,11,16-17H,2H2,1H3,(H2,18,19,20);3-4,6,8-9,11,16-18H,2H2,1H3;1-2H,(H2,6,7,8,9,10);1H3;;;;/q;;;;;;;2*+1;2*-1/t15-,17+,18-,20-;10-,12-,13-,16-;10-,11-,12-,13?;2*6-,8-,9-,11-;;;;;;/m11111....../s1. The molecule has 0 spiro atoms. The number of rotatable bonds is 24. The molecule has 15 rings (SSSR count). The summed E-state index contributed by atoms with van der Waals surface area (Å²) in [4.78, 5) is 159. The predicted octanol–water partition coefficient (Wildman–Crippen LogP) is -1.77. The van der Waals surface area contributed by atoms with Gasteiger partial charge in [0.25, 0.3) is 0 Å². The van der Waals surface area contributed by atoms with Gasteiger partial charge in [-0.3, -0.25) is 56.4 Å². The normalized spacial score (nSPS) is 24.8. The first-order chi connectivity index (χ1) is 63.8. The summed E-state index contributed by atoms with van der Waals surface area (Å²) in [6, 6.07) is 1.75. The number of esters is 7. The van der Waals surface area contributed by atoms with Crippen LogP contribution in [0.2, 0.25) is 58.9 Å². The number of phosphoric ester groups is 1. The zero-order valence-electron chi connectivity index (χ0n) is 81.6. The van der Waals surface area contributed by atoms with E-state index in [9.17, 15) is 58.6 Å². The number of phosphoric acid groups is 1. The number of carbonyl (C=O) groups excluding carboxylic acids is 7. The zero-order chi connectivity index (χ0) is 100. The van der Waals surface area contributed by atoms with Crippen LogP contribution in [0.1, 0.15) is 100 Å². The van der Waals surface area contributed by atoms with Gasteiger partial charge in [0.2, 0.25) is 12.4 Å². The molecule has 0 bridgehead atoms. The summed E-state index contributed by atoms with van der Waals surface area (Å²) < 4.78 is 106. The minimum absolute atomic E-state index is 0. The molecular formula is C78H112N21Na2O31PS2Si3. The molecule has 52 nitrogen and oxygen atoms in total. The number of aryl methyl sites for hydroxylation is 3. The molecule has 0 aromatic carbocycles. The van der Waals surface area contributed by atoms with E-state index in [-0.39, 0.29) is 111 Å². The average molecular weight is 2070 g/mol. The van der Waals surface area contributed by atoms with Crippen LogP contribution in [0.4, 0.5) is 0 Å². The molecule has 15 heterocycles. The van der Waals surface area contributed by atoms with Gasteiger partial charge >= 0.3 is 109 Å². The molecule has 1 unspecified atom stereocenters. The van der Waals surface area contributed by atoms with E-state index < -0.39 is 179 Å². The molecule has 5 fully saturated rings. The van der Waals surface area contributed by atoms with Crippen LogP contribution < -0.4 is 59.1 Å². The smallest absolute Gasteiger partial charge is 1.00 e. The van der Waals surface area contributed by atoms with Gasteiger partial charge in [-0.2, -0.15) is 5.26 Å². The second-order valence-corrected chi connectivity index (χ2v) is 49.0. The van der Waals surface area contributed by atoms with Crippen molar-refractivity contribution in [2.24, 2.45) is 0 Å². The minimum Gasteiger partial charge on any atom is -1.00 e. The summed E-state index contributed by atoms with van der Waals surface area (Å²) in [7, 11) is -10.2. The van der Waals surface area contributed by atoms with Crippen molar-refractivity contribution in [2.45, 2.75) is 258 Å². The zero-order valence-corrected chi connectivity index (χ0v) is 89.1. The first-order valence-corrected chi connectivity index (χ1v) is 54.3. The number of fused-ring (bicyclic) bond motifs is 5. The second-order valence-electron chi connectivity index (χ2n) is 33.5. The van der Waals surface area contributed by atoms with E-state index in [0.717, 1.165) is 54.5 Å². The number of aliphatic hydroxyl groups is 5. The number of aromatic amines is 3. The molecule has 746 valence electrons. The van der Waals surface area contributed by atoms with Crippen LogP contribution in [-0.2, 0) is 113 Å². The van der Waals surface area contributed by atoms with Crippen molar-refractivity contribution in [1.82, 2.24) is 98.0 Å². The Balaban J connectivity index is 0.000000298. The fraction of sp³-hybridized carbons (Fsp3) is 0.577. The number of aliphatic hydroxyl groups excluding tert-OH is 5. The largest absolute Gasteiger partial charge is 1.00 e. The molecule has 10 aromatic heterocycles. The molecule has 5 saturated heterocycles. The molecule has 138 heavy (non-hydrogen) atoms. The number of nitriles is 1. The van der Waals surface area contributed by atoms with Gasteiger partial charge in [0, 0.05) is 55.4 Å². The third-order valence-electron chi connectivity index (χ3n) is 19.5. The number of H-pyrrole nitrogens is 3. The number of nitrogens with zero attached hydrogens (tertiary/aromatic N) is 18. The maximum atomic E-state index is 11.7. The SMILES string of the molecule is CC#N.CC(=O)OC[C@H]1OC(OC(C)=O)[C@H](OC(C)=O)[C@@H]1OC(C)=O.CC(=O)OC[C@H]1O[C@@H](n2cnc3c(=S)nc[nH]c32)[C@H](OC(C)=O)[C@@H]1OC(C)=O.Cc1ncnc2c1ncn2[C@@H]1O[C@H](CO)[C@@H](O)[C@H]1O.Cc1ncnc2c1ncn2[C@@H]1O[C@H](COP(=O)(O)O)[C@@H](O)[C@H]1O.Cc1ncnc2c1ncn2[C@@H]1O[C@H](CO[Si](C)(C)C)[C@H](O[Si](C)(C)C)[C@H]1O[Si](C)(C)C.S=c1nc[nH]c2nc[nH]c12.[H-].[H-].[Na+].[Na+]. The third-order valence-corrected chi connectivity index (χ3v) is 23.6. The van der Waals surface area contributed by atoms with Crippen molar-refractivity contribution in [2.75, 3.05) is 33.0 Å². The van der Waals surface area contributed by atoms with Crippen LogP contribution in [0.5, 0.6) is 0 Å². The van der Waals surface area contributed by atoms with Crippen LogP contribution in [0.3, 0.4) is 0 Å². The number of hydrogen-bond acceptors (Lipinski definition) is 45. The van der Waals surface area contributed by atoms with Gasteiger partial charge in [0.15, 0.2) is 100 Å². The molecule has 5 aliphatic heterocycles. The van der Waals surface area contributed by atoms with Gasteiger partial charge in [-0.25, -0.2) is 69.4 Å². The summed E-state index contributed by atoms with van der Waals surface area (Å²) >= 11 is 10.1. The topological polar surface area (TPSA) is 684 Å². The molecular weight excluding hydrogens is 1950 g/mol. The predicted molar refractivity (Wildman–Crippen MR) is 482 cm³/mol. The molecule has 0 radical (unpaired) electrons. The Labute approximate surface area is 848 Å². The van der Waals surface area contributed by atoms with E-state index in [2.05, 4.69) is 143 Å². The van der Waals surface area contributed by atoms with Crippen molar-refractivity contribution >= 4 is 155 Å². The Morgan fingerprint density at radius 3 is 1.25 bits per heavy atom. The Kier molecular flexibility index (Phi) is 43.1. The number of imidazole rings is 5. The second kappa shape index (κ2) is 51.2. The average Bonchev–Trinajstić information content (AvgIpc) is 1.60. The Bertz CT molecular complexity index is 6050. The van der Waals surface area contributed by atoms with E-state index in [0.29, 0.717) is 50.4 Å². The van der Waals surface area contributed by atoms with Gasteiger partial charge < -0.3 is 123 Å². The molecule has 5 aliphatic rings. The maximum Gasteiger partial charge on any atom is 1.00 e. The third kappa shape index (κ3) is 31.6. The Hall–Kier alpha value is -8.79. The van der Waals surface area contributed by atoms with E-state index in [1.54, 1.807) is 43.5 Å². The number of nitrogens with one attached hydrogen (secondary N) is 3. The van der Waals surface area contributed by atoms with Crippen molar-refractivity contribution in [3.05, 3.63) is 89.6 Å². The summed E-state index contributed by atoms with van der Waals surface area (Å²) in [5.74, 6) is -4.28. The fourth-order valence-electron chi connectivity index (χ4n) is 14.0. The number of ether oxygens (including phenoxy) is 12. The van der Waals surface area contributed by atoms with E-state index in [1.807, 2.05) is 11.5 Å². The number of hydrogen-bond donors (Lipinski definition) is 10. The van der Waals surface area contributed by atoms with Crippen molar-refractivity contribution < 1.29 is 210 Å². The van der Waals surface area contributed by atoms with E-state index in [1.165, 1.54) is 88.0 Å². The maximum absolute atomic E-state index is 11.7. The van der Waals surface area contributed by atoms with Gasteiger partial charge in [-0.1, -0.05) is 24.4 Å². The summed E-state index contributed by atoms with van der Waals surface area (Å²) in [5, 5.41) is 56.3. The molecule has 0 aliphatic carbocycles. The van der Waals surface area contributed by atoms with Gasteiger partial charge in [0.05, 0.1) is 87.3 Å². The first kappa shape index (κ1) is 116. The molecule has 20 atom stereocenters. The van der Waals surface area contributed by atoms with Gasteiger partial charge in [-0.05, 0) is 79.7 Å². The van der Waals surface area contributed by atoms with Crippen LogP contribution >= 0.6 is 32.3 Å². The van der Waals surface area contributed by atoms with Crippen molar-refractivity contribution in [1.29, 1.82) is 5.26 Å². The van der Waals surface area contributed by atoms with Gasteiger partial charge in [0.1, 0.15) is 133 Å². The quantitative estimate of drug-likeness (QED) is 0.0105. The molecule has 10 aromatic rings.